The lowest BCUT2D eigenvalue weighted by molar-refractivity contribution is -0.123. The molecule has 0 aliphatic rings. The highest BCUT2D eigenvalue weighted by molar-refractivity contribution is 6.33. The van der Waals surface area contributed by atoms with E-state index in [0.717, 1.165) is 0 Å². The van der Waals surface area contributed by atoms with Gasteiger partial charge in [-0.2, -0.15) is 5.10 Å². The van der Waals surface area contributed by atoms with Crippen molar-refractivity contribution in [1.29, 1.82) is 0 Å². The van der Waals surface area contributed by atoms with Crippen LogP contribution in [0.25, 0.3) is 0 Å². The highest BCUT2D eigenvalue weighted by atomic mass is 35.5. The molecule has 0 bridgehead atoms. The lowest BCUT2D eigenvalue weighted by Gasteiger charge is -2.05. The van der Waals surface area contributed by atoms with Gasteiger partial charge in [0.2, 0.25) is 0 Å². The van der Waals surface area contributed by atoms with Gasteiger partial charge < -0.3 is 9.47 Å². The molecule has 1 amide bonds. The second-order valence-electron chi connectivity index (χ2n) is 4.62. The summed E-state index contributed by atoms with van der Waals surface area (Å²) in [5.41, 5.74) is 3.43. The molecule has 0 aliphatic carbocycles. The molecule has 2 rings (SSSR count). The largest absolute Gasteiger partial charge is 0.484 e. The van der Waals surface area contributed by atoms with E-state index in [-0.39, 0.29) is 6.61 Å². The zero-order chi connectivity index (χ0) is 17.4. The van der Waals surface area contributed by atoms with Crippen LogP contribution < -0.4 is 10.2 Å². The fourth-order valence-electron chi connectivity index (χ4n) is 1.74. The van der Waals surface area contributed by atoms with E-state index in [1.807, 2.05) is 6.07 Å². The van der Waals surface area contributed by atoms with E-state index in [0.29, 0.717) is 21.9 Å². The molecule has 0 aliphatic heterocycles. The topological polar surface area (TPSA) is 77.0 Å². The maximum atomic E-state index is 11.7. The second kappa shape index (κ2) is 8.69. The molecule has 2 aromatic carbocycles. The summed E-state index contributed by atoms with van der Waals surface area (Å²) in [6, 6.07) is 13.4. The fourth-order valence-corrected chi connectivity index (χ4v) is 1.92. The first-order valence-corrected chi connectivity index (χ1v) is 7.35. The predicted octanol–water partition coefficient (Wildman–Crippen LogP) is 2.66. The minimum Gasteiger partial charge on any atom is -0.484 e. The predicted molar refractivity (Wildman–Crippen MR) is 90.5 cm³/mol. The number of hydrazone groups is 1. The molecule has 1 N–H and O–H groups in total. The van der Waals surface area contributed by atoms with Crippen molar-refractivity contribution in [2.45, 2.75) is 0 Å². The van der Waals surface area contributed by atoms with Crippen LogP contribution in [-0.2, 0) is 9.53 Å². The zero-order valence-corrected chi connectivity index (χ0v) is 13.6. The molecule has 24 heavy (non-hydrogen) atoms. The Kier molecular flexibility index (Phi) is 6.33. The summed E-state index contributed by atoms with van der Waals surface area (Å²) < 4.78 is 9.89. The number of benzene rings is 2. The lowest BCUT2D eigenvalue weighted by atomic mass is 10.2. The number of ether oxygens (including phenoxy) is 2. The van der Waals surface area contributed by atoms with Crippen molar-refractivity contribution >= 4 is 29.7 Å². The molecule has 0 radical (unpaired) electrons. The monoisotopic (exact) mass is 346 g/mol. The summed E-state index contributed by atoms with van der Waals surface area (Å²) in [6.07, 6.45) is 1.45. The van der Waals surface area contributed by atoms with Crippen LogP contribution in [0.1, 0.15) is 15.9 Å². The number of nitrogens with zero attached hydrogens (tertiary/aromatic N) is 1. The van der Waals surface area contributed by atoms with Crippen LogP contribution in [-0.4, -0.2) is 31.8 Å². The summed E-state index contributed by atoms with van der Waals surface area (Å²) in [5, 5.41) is 4.35. The van der Waals surface area contributed by atoms with Crippen LogP contribution in [0, 0.1) is 0 Å². The molecular weight excluding hydrogens is 332 g/mol. The normalized spacial score (nSPS) is 10.4. The Morgan fingerprint density at radius 1 is 1.17 bits per heavy atom. The second-order valence-corrected chi connectivity index (χ2v) is 5.03. The molecule has 0 heterocycles. The molecule has 0 saturated carbocycles. The van der Waals surface area contributed by atoms with E-state index in [4.69, 9.17) is 16.3 Å². The number of hydrogen-bond acceptors (Lipinski definition) is 5. The van der Waals surface area contributed by atoms with Crippen molar-refractivity contribution in [3.05, 3.63) is 64.7 Å². The van der Waals surface area contributed by atoms with E-state index in [1.54, 1.807) is 42.5 Å². The number of nitrogens with one attached hydrogen (secondary N) is 1. The Morgan fingerprint density at radius 3 is 2.54 bits per heavy atom. The van der Waals surface area contributed by atoms with E-state index in [2.05, 4.69) is 15.3 Å². The van der Waals surface area contributed by atoms with E-state index in [9.17, 15) is 9.59 Å². The summed E-state index contributed by atoms with van der Waals surface area (Å²) in [4.78, 5) is 23.0. The first kappa shape index (κ1) is 17.5. The van der Waals surface area contributed by atoms with Gasteiger partial charge in [0, 0.05) is 10.6 Å². The Balaban J connectivity index is 1.81. The lowest BCUT2D eigenvalue weighted by Crippen LogP contribution is -2.24. The van der Waals surface area contributed by atoms with Gasteiger partial charge in [0.15, 0.2) is 6.61 Å². The third-order valence-electron chi connectivity index (χ3n) is 2.94. The number of rotatable bonds is 6. The van der Waals surface area contributed by atoms with Gasteiger partial charge in [-0.15, -0.1) is 0 Å². The number of carbonyl (C=O) groups excluding carboxylic acids is 2. The number of halogens is 1. The maximum absolute atomic E-state index is 11.7. The van der Waals surface area contributed by atoms with Crippen molar-refractivity contribution < 1.29 is 19.1 Å². The van der Waals surface area contributed by atoms with Crippen molar-refractivity contribution in [2.75, 3.05) is 13.7 Å². The van der Waals surface area contributed by atoms with Gasteiger partial charge in [-0.05, 0) is 30.3 Å². The molecule has 7 heteroatoms. The Bertz CT molecular complexity index is 745. The highest BCUT2D eigenvalue weighted by Gasteiger charge is 2.06. The Labute approximate surface area is 144 Å². The van der Waals surface area contributed by atoms with Crippen molar-refractivity contribution in [1.82, 2.24) is 5.43 Å². The minimum atomic E-state index is -0.437. The quantitative estimate of drug-likeness (QED) is 0.495. The number of carbonyl (C=O) groups is 2. The summed E-state index contributed by atoms with van der Waals surface area (Å²) >= 11 is 5.96. The fraction of sp³-hybridized carbons (Fsp3) is 0.118. The highest BCUT2D eigenvalue weighted by Crippen LogP contribution is 2.13. The van der Waals surface area contributed by atoms with Crippen LogP contribution in [0.15, 0.2) is 53.6 Å². The molecule has 0 atom stereocenters. The van der Waals surface area contributed by atoms with Gasteiger partial charge in [-0.3, -0.25) is 4.79 Å². The standard InChI is InChI=1S/C17H15ClN2O4/c1-23-17(22)12-6-8-14(9-7-12)24-11-16(21)20-19-10-13-4-2-3-5-15(13)18/h2-10H,11H2,1H3,(H,20,21). The van der Waals surface area contributed by atoms with Gasteiger partial charge in [-0.1, -0.05) is 29.8 Å². The first-order valence-electron chi connectivity index (χ1n) is 6.98. The van der Waals surface area contributed by atoms with Gasteiger partial charge in [0.25, 0.3) is 5.91 Å². The third kappa shape index (κ3) is 5.10. The van der Waals surface area contributed by atoms with Crippen LogP contribution in [0.3, 0.4) is 0 Å². The average molecular weight is 347 g/mol. The van der Waals surface area contributed by atoms with Crippen molar-refractivity contribution in [3.8, 4) is 5.75 Å². The number of methoxy groups -OCH3 is 1. The third-order valence-corrected chi connectivity index (χ3v) is 3.29. The molecular formula is C17H15ClN2O4. The molecule has 124 valence electrons. The van der Waals surface area contributed by atoms with Gasteiger partial charge >= 0.3 is 5.97 Å². The van der Waals surface area contributed by atoms with Crippen LogP contribution in [0.4, 0.5) is 0 Å². The Morgan fingerprint density at radius 2 is 1.88 bits per heavy atom. The van der Waals surface area contributed by atoms with Crippen LogP contribution in [0.2, 0.25) is 5.02 Å². The zero-order valence-electron chi connectivity index (χ0n) is 12.9. The van der Waals surface area contributed by atoms with Crippen LogP contribution >= 0.6 is 11.6 Å². The SMILES string of the molecule is COC(=O)c1ccc(OCC(=O)NN=Cc2ccccc2Cl)cc1. The molecule has 0 spiro atoms. The van der Waals surface area contributed by atoms with Gasteiger partial charge in [0.1, 0.15) is 5.75 Å². The molecule has 0 unspecified atom stereocenters. The summed E-state index contributed by atoms with van der Waals surface area (Å²) in [6.45, 7) is -0.211. The minimum absolute atomic E-state index is 0.211. The van der Waals surface area contributed by atoms with Crippen molar-refractivity contribution in [2.24, 2.45) is 5.10 Å². The van der Waals surface area contributed by atoms with E-state index >= 15 is 0 Å². The first-order chi connectivity index (χ1) is 11.6. The van der Waals surface area contributed by atoms with Gasteiger partial charge in [0.05, 0.1) is 18.9 Å². The van der Waals surface area contributed by atoms with E-state index < -0.39 is 11.9 Å². The number of amides is 1. The summed E-state index contributed by atoms with van der Waals surface area (Å²) in [7, 11) is 1.31. The molecule has 2 aromatic rings. The number of hydrogen-bond donors (Lipinski definition) is 1. The van der Waals surface area contributed by atoms with E-state index in [1.165, 1.54) is 13.3 Å². The van der Waals surface area contributed by atoms with Crippen molar-refractivity contribution in [3.63, 3.8) is 0 Å². The molecule has 0 aromatic heterocycles. The smallest absolute Gasteiger partial charge is 0.337 e. The molecule has 6 nitrogen and oxygen atoms in total. The number of esters is 1. The van der Waals surface area contributed by atoms with Gasteiger partial charge in [-0.25, -0.2) is 10.2 Å². The Hall–Kier alpha value is -2.86. The summed E-state index contributed by atoms with van der Waals surface area (Å²) in [5.74, 6) is -0.406. The molecule has 0 saturated heterocycles. The molecule has 0 fully saturated rings. The van der Waals surface area contributed by atoms with Crippen LogP contribution in [0.5, 0.6) is 5.75 Å². The maximum Gasteiger partial charge on any atom is 0.337 e. The average Bonchev–Trinajstić information content (AvgIpc) is 2.61.